The monoisotopic (exact) mass is 484 g/mol. The van der Waals surface area contributed by atoms with Crippen molar-refractivity contribution < 1.29 is 37.3 Å². The van der Waals surface area contributed by atoms with Crippen LogP contribution in [0.25, 0.3) is 0 Å². The van der Waals surface area contributed by atoms with E-state index in [-0.39, 0.29) is 38.2 Å². The van der Waals surface area contributed by atoms with Crippen molar-refractivity contribution in [2.24, 2.45) is 0 Å². The molecule has 0 saturated carbocycles. The number of hydrogen-bond donors (Lipinski definition) is 3. The Kier molecular flexibility index (Phi) is 7.89. The Morgan fingerprint density at radius 2 is 2.00 bits per heavy atom. The number of nitrogen functional groups attached to an aromatic ring is 1. The molecule has 0 spiro atoms. The quantitative estimate of drug-likeness (QED) is 0.371. The van der Waals surface area contributed by atoms with Crippen molar-refractivity contribution in [2.45, 2.75) is 43.9 Å². The molecule has 3 rings (SSSR count). The lowest BCUT2D eigenvalue weighted by atomic mass is 10.1. The van der Waals surface area contributed by atoms with Crippen molar-refractivity contribution in [3.63, 3.8) is 0 Å². The van der Waals surface area contributed by atoms with Crippen LogP contribution in [0.1, 0.15) is 35.0 Å². The summed E-state index contributed by atoms with van der Waals surface area (Å²) in [7, 11) is 0. The second kappa shape index (κ2) is 10.7. The molecule has 1 saturated heterocycles. The van der Waals surface area contributed by atoms with E-state index in [1.807, 2.05) is 0 Å². The SMILES string of the molecule is Nc1nc(=O)n([C@H]2C[C@H](O)[C@@H](COC(=O)c3ccccc3)O2)cc1CCCNC(=O)C(F)(F)F. The number of ether oxygens (including phenoxy) is 2. The van der Waals surface area contributed by atoms with E-state index < -0.39 is 42.2 Å². The van der Waals surface area contributed by atoms with E-state index in [9.17, 15) is 32.7 Å². The third kappa shape index (κ3) is 6.32. The lowest BCUT2D eigenvalue weighted by molar-refractivity contribution is -0.173. The van der Waals surface area contributed by atoms with Crippen molar-refractivity contribution in [2.75, 3.05) is 18.9 Å². The maximum atomic E-state index is 12.3. The molecule has 4 N–H and O–H groups in total. The first-order chi connectivity index (χ1) is 16.1. The number of aryl methyl sites for hydroxylation is 1. The van der Waals surface area contributed by atoms with E-state index >= 15 is 0 Å². The third-order valence-corrected chi connectivity index (χ3v) is 5.13. The van der Waals surface area contributed by atoms with Gasteiger partial charge in [-0.15, -0.1) is 0 Å². The Balaban J connectivity index is 1.59. The van der Waals surface area contributed by atoms with Gasteiger partial charge in [0, 0.05) is 24.7 Å². The van der Waals surface area contributed by atoms with Crippen LogP contribution >= 0.6 is 0 Å². The zero-order valence-electron chi connectivity index (χ0n) is 17.8. The Morgan fingerprint density at radius 3 is 2.68 bits per heavy atom. The first-order valence-electron chi connectivity index (χ1n) is 10.3. The topological polar surface area (TPSA) is 146 Å². The van der Waals surface area contributed by atoms with Crippen LogP contribution in [0.4, 0.5) is 19.0 Å². The highest BCUT2D eigenvalue weighted by molar-refractivity contribution is 5.89. The van der Waals surface area contributed by atoms with Crippen LogP contribution < -0.4 is 16.7 Å². The predicted molar refractivity (Wildman–Crippen MR) is 112 cm³/mol. The number of halogens is 3. The van der Waals surface area contributed by atoms with E-state index in [1.54, 1.807) is 35.6 Å². The summed E-state index contributed by atoms with van der Waals surface area (Å²) < 4.78 is 48.7. The molecule has 1 aliphatic heterocycles. The van der Waals surface area contributed by atoms with Crippen LogP contribution in [0.2, 0.25) is 0 Å². The van der Waals surface area contributed by atoms with Gasteiger partial charge in [-0.25, -0.2) is 9.59 Å². The minimum absolute atomic E-state index is 0.0140. The molecule has 1 amide bonds. The fraction of sp³-hybridized carbons (Fsp3) is 0.429. The molecule has 0 bridgehead atoms. The highest BCUT2D eigenvalue weighted by Crippen LogP contribution is 2.28. The van der Waals surface area contributed by atoms with Gasteiger partial charge in [0.15, 0.2) is 0 Å². The normalized spacial score (nSPS) is 20.2. The van der Waals surface area contributed by atoms with Crippen molar-refractivity contribution in [3.05, 3.63) is 58.1 Å². The smallest absolute Gasteiger partial charge is 0.459 e. The van der Waals surface area contributed by atoms with E-state index in [0.29, 0.717) is 11.1 Å². The van der Waals surface area contributed by atoms with Gasteiger partial charge in [-0.1, -0.05) is 18.2 Å². The van der Waals surface area contributed by atoms with Crippen LogP contribution in [0.15, 0.2) is 41.3 Å². The molecule has 1 aromatic carbocycles. The van der Waals surface area contributed by atoms with Crippen LogP contribution in [0.3, 0.4) is 0 Å². The Morgan fingerprint density at radius 1 is 1.29 bits per heavy atom. The maximum Gasteiger partial charge on any atom is 0.471 e. The molecule has 3 atom stereocenters. The number of carbonyl (C=O) groups excluding carboxylic acids is 2. The third-order valence-electron chi connectivity index (χ3n) is 5.13. The number of amides is 1. The number of aliphatic hydroxyl groups is 1. The van der Waals surface area contributed by atoms with Gasteiger partial charge in [-0.05, 0) is 25.0 Å². The zero-order chi connectivity index (χ0) is 24.9. The van der Waals surface area contributed by atoms with Gasteiger partial charge in [0.2, 0.25) is 0 Å². The number of alkyl halides is 3. The van der Waals surface area contributed by atoms with E-state index in [2.05, 4.69) is 4.98 Å². The predicted octanol–water partition coefficient (Wildman–Crippen LogP) is 0.942. The maximum absolute atomic E-state index is 12.3. The van der Waals surface area contributed by atoms with Gasteiger partial charge in [-0.3, -0.25) is 9.36 Å². The molecular weight excluding hydrogens is 461 g/mol. The largest absolute Gasteiger partial charge is 0.471 e. The molecule has 34 heavy (non-hydrogen) atoms. The summed E-state index contributed by atoms with van der Waals surface area (Å²) in [6.07, 6.45) is -6.20. The number of nitrogens with one attached hydrogen (secondary N) is 1. The van der Waals surface area contributed by atoms with Crippen LogP contribution in [0, 0.1) is 0 Å². The average molecular weight is 484 g/mol. The van der Waals surface area contributed by atoms with Crippen LogP contribution in [-0.2, 0) is 20.7 Å². The molecule has 0 radical (unpaired) electrons. The van der Waals surface area contributed by atoms with Crippen molar-refractivity contribution in [1.29, 1.82) is 0 Å². The minimum Gasteiger partial charge on any atom is -0.459 e. The first-order valence-corrected chi connectivity index (χ1v) is 10.3. The average Bonchev–Trinajstić information content (AvgIpc) is 3.16. The molecule has 1 aromatic heterocycles. The molecule has 0 aliphatic carbocycles. The van der Waals surface area contributed by atoms with Crippen LogP contribution in [-0.4, -0.2) is 58.1 Å². The molecule has 2 heterocycles. The number of aliphatic hydroxyl groups excluding tert-OH is 1. The molecule has 13 heteroatoms. The summed E-state index contributed by atoms with van der Waals surface area (Å²) >= 11 is 0. The van der Waals surface area contributed by atoms with Gasteiger partial charge >= 0.3 is 23.7 Å². The summed E-state index contributed by atoms with van der Waals surface area (Å²) in [5, 5.41) is 12.0. The number of esters is 1. The molecule has 1 fully saturated rings. The number of aromatic nitrogens is 2. The first kappa shape index (κ1) is 25.2. The summed E-state index contributed by atoms with van der Waals surface area (Å²) in [5.41, 5.74) is 5.70. The van der Waals surface area contributed by atoms with E-state index in [0.717, 1.165) is 4.57 Å². The molecule has 10 nitrogen and oxygen atoms in total. The number of anilines is 1. The Labute approximate surface area is 191 Å². The van der Waals surface area contributed by atoms with Crippen molar-refractivity contribution in [3.8, 4) is 0 Å². The standard InChI is InChI=1S/C21H23F3N4O6/c22-21(23,24)19(31)26-8-4-7-13-10-28(20(32)27-17(13)25)16-9-14(29)15(34-16)11-33-18(30)12-5-2-1-3-6-12/h1-3,5-6,10,14-16,29H,4,7-9,11H2,(H,26,31)(H2,25,27,32)/t14-,15+,16+/m0/s1. The number of nitrogens with two attached hydrogens (primary N) is 1. The van der Waals surface area contributed by atoms with E-state index in [1.165, 1.54) is 6.20 Å². The van der Waals surface area contributed by atoms with E-state index in [4.69, 9.17) is 15.2 Å². The second-order valence-electron chi connectivity index (χ2n) is 7.60. The summed E-state index contributed by atoms with van der Waals surface area (Å²) in [6, 6.07) is 8.25. The fourth-order valence-electron chi connectivity index (χ4n) is 3.35. The lowest BCUT2D eigenvalue weighted by Crippen LogP contribution is -2.37. The highest BCUT2D eigenvalue weighted by Gasteiger charge is 2.38. The second-order valence-corrected chi connectivity index (χ2v) is 7.60. The Hall–Kier alpha value is -3.45. The van der Waals surface area contributed by atoms with Gasteiger partial charge in [0.1, 0.15) is 24.8 Å². The molecule has 1 aliphatic rings. The van der Waals surface area contributed by atoms with Gasteiger partial charge in [0.05, 0.1) is 11.7 Å². The molecule has 184 valence electrons. The summed E-state index contributed by atoms with van der Waals surface area (Å²) in [5.74, 6) is -2.74. The molecule has 2 aromatic rings. The Bertz CT molecular complexity index is 1080. The minimum atomic E-state index is -4.97. The fourth-order valence-corrected chi connectivity index (χ4v) is 3.35. The number of hydrogen-bond acceptors (Lipinski definition) is 8. The molecular formula is C21H23F3N4O6. The number of nitrogens with zero attached hydrogens (tertiary/aromatic N) is 2. The molecule has 0 unspecified atom stereocenters. The van der Waals surface area contributed by atoms with Crippen LogP contribution in [0.5, 0.6) is 0 Å². The van der Waals surface area contributed by atoms with Crippen molar-refractivity contribution in [1.82, 2.24) is 14.9 Å². The summed E-state index contributed by atoms with van der Waals surface area (Å²) in [4.78, 5) is 39.0. The number of benzene rings is 1. The van der Waals surface area contributed by atoms with Gasteiger partial charge in [0.25, 0.3) is 0 Å². The summed E-state index contributed by atoms with van der Waals surface area (Å²) in [6.45, 7) is -0.501. The number of carbonyl (C=O) groups is 2. The van der Waals surface area contributed by atoms with Gasteiger partial charge in [-0.2, -0.15) is 18.2 Å². The number of rotatable bonds is 8. The zero-order valence-corrected chi connectivity index (χ0v) is 17.8. The lowest BCUT2D eigenvalue weighted by Gasteiger charge is -2.17. The highest BCUT2D eigenvalue weighted by atomic mass is 19.4. The van der Waals surface area contributed by atoms with Gasteiger partial charge < -0.3 is 25.6 Å². The van der Waals surface area contributed by atoms with Crippen molar-refractivity contribution >= 4 is 17.7 Å².